The van der Waals surface area contributed by atoms with Crippen molar-refractivity contribution in [2.24, 2.45) is 5.41 Å². The van der Waals surface area contributed by atoms with Crippen LogP contribution in [0.3, 0.4) is 0 Å². The molecule has 1 aliphatic rings. The highest BCUT2D eigenvalue weighted by molar-refractivity contribution is 5.90. The van der Waals surface area contributed by atoms with E-state index in [9.17, 15) is 18.7 Å². The number of benzene rings is 3. The number of anilines is 1. The molecule has 0 aliphatic carbocycles. The Balaban J connectivity index is 1.53. The Kier molecular flexibility index (Phi) is 8.20. The summed E-state index contributed by atoms with van der Waals surface area (Å²) in [5.41, 5.74) is 8.57. The fourth-order valence-corrected chi connectivity index (χ4v) is 5.25. The first kappa shape index (κ1) is 27.4. The first-order valence-electron chi connectivity index (χ1n) is 13.0. The van der Waals surface area contributed by atoms with Crippen LogP contribution in [0.25, 0.3) is 0 Å². The fourth-order valence-electron chi connectivity index (χ4n) is 5.25. The number of aliphatic hydroxyl groups excluding tert-OH is 1. The molecule has 38 heavy (non-hydrogen) atoms. The molecular formula is C32H35F2NO3. The predicted octanol–water partition coefficient (Wildman–Crippen LogP) is 7.27. The molecule has 0 aromatic heterocycles. The highest BCUT2D eigenvalue weighted by Gasteiger charge is 2.42. The summed E-state index contributed by atoms with van der Waals surface area (Å²) in [5.74, 6) is -1.07. The molecule has 3 N–H and O–H groups in total. The Bertz CT molecular complexity index is 1250. The van der Waals surface area contributed by atoms with Gasteiger partial charge in [0, 0.05) is 12.1 Å². The van der Waals surface area contributed by atoms with E-state index in [1.54, 1.807) is 24.3 Å². The van der Waals surface area contributed by atoms with Crippen molar-refractivity contribution in [3.05, 3.63) is 112 Å². The number of aliphatic hydroxyl groups is 1. The minimum atomic E-state index is -0.925. The maximum absolute atomic E-state index is 13.4. The van der Waals surface area contributed by atoms with E-state index in [1.165, 1.54) is 24.3 Å². The van der Waals surface area contributed by atoms with Crippen LogP contribution < -0.4 is 5.73 Å². The Hall–Kier alpha value is -3.67. The van der Waals surface area contributed by atoms with E-state index in [0.717, 1.165) is 16.7 Å². The number of nitrogens with two attached hydrogens (primary N) is 1. The molecule has 6 heteroatoms. The molecule has 0 spiro atoms. The van der Waals surface area contributed by atoms with Crippen molar-refractivity contribution in [2.75, 3.05) is 5.73 Å². The largest absolute Gasteiger partial charge is 0.512 e. The fraction of sp³-hybridized carbons (Fsp3) is 0.344. The molecule has 1 heterocycles. The zero-order valence-electron chi connectivity index (χ0n) is 22.0. The SMILES string of the molecule is CC(C)(CC1=C(O)CC(CCc2ccc(F)cc2)(CCc2ccc(F)cc2)OC1=O)Cc1cccc(N)c1. The van der Waals surface area contributed by atoms with Crippen LogP contribution in [0.1, 0.15) is 56.2 Å². The highest BCUT2D eigenvalue weighted by Crippen LogP contribution is 2.41. The summed E-state index contributed by atoms with van der Waals surface area (Å²) in [6, 6.07) is 20.2. The topological polar surface area (TPSA) is 72.5 Å². The number of esters is 1. The van der Waals surface area contributed by atoms with Crippen molar-refractivity contribution in [3.63, 3.8) is 0 Å². The van der Waals surface area contributed by atoms with Gasteiger partial charge in [-0.3, -0.25) is 0 Å². The van der Waals surface area contributed by atoms with Crippen LogP contribution in [0.4, 0.5) is 14.5 Å². The smallest absolute Gasteiger partial charge is 0.337 e. The van der Waals surface area contributed by atoms with E-state index in [2.05, 4.69) is 13.8 Å². The van der Waals surface area contributed by atoms with Crippen molar-refractivity contribution < 1.29 is 23.4 Å². The lowest BCUT2D eigenvalue weighted by Gasteiger charge is -2.39. The van der Waals surface area contributed by atoms with Gasteiger partial charge >= 0.3 is 5.97 Å². The van der Waals surface area contributed by atoms with Crippen LogP contribution in [-0.2, 0) is 28.8 Å². The number of aryl methyl sites for hydroxylation is 2. The van der Waals surface area contributed by atoms with E-state index in [1.807, 2.05) is 24.3 Å². The Labute approximate surface area is 223 Å². The van der Waals surface area contributed by atoms with Crippen molar-refractivity contribution in [1.29, 1.82) is 0 Å². The Morgan fingerprint density at radius 3 is 1.92 bits per heavy atom. The number of halogens is 2. The first-order valence-corrected chi connectivity index (χ1v) is 13.0. The van der Waals surface area contributed by atoms with Gasteiger partial charge in [-0.05, 0) is 97.0 Å². The van der Waals surface area contributed by atoms with E-state index >= 15 is 0 Å². The van der Waals surface area contributed by atoms with Gasteiger partial charge in [-0.15, -0.1) is 0 Å². The van der Waals surface area contributed by atoms with Gasteiger partial charge in [0.1, 0.15) is 23.0 Å². The van der Waals surface area contributed by atoms with Gasteiger partial charge in [-0.25, -0.2) is 13.6 Å². The lowest BCUT2D eigenvalue weighted by atomic mass is 9.77. The van der Waals surface area contributed by atoms with Crippen molar-refractivity contribution in [3.8, 4) is 0 Å². The van der Waals surface area contributed by atoms with Crippen LogP contribution in [0, 0.1) is 17.0 Å². The number of cyclic esters (lactones) is 1. The molecule has 1 aliphatic heterocycles. The first-order chi connectivity index (χ1) is 18.0. The minimum Gasteiger partial charge on any atom is -0.512 e. The van der Waals surface area contributed by atoms with E-state index < -0.39 is 11.6 Å². The molecule has 3 aromatic carbocycles. The van der Waals surface area contributed by atoms with Gasteiger partial charge in [0.15, 0.2) is 0 Å². The zero-order valence-corrected chi connectivity index (χ0v) is 22.0. The van der Waals surface area contributed by atoms with Crippen LogP contribution in [0.15, 0.2) is 84.1 Å². The number of ether oxygens (including phenoxy) is 1. The molecule has 0 amide bonds. The van der Waals surface area contributed by atoms with E-state index in [-0.39, 0.29) is 29.2 Å². The Morgan fingerprint density at radius 1 is 0.868 bits per heavy atom. The molecule has 0 bridgehead atoms. The summed E-state index contributed by atoms with van der Waals surface area (Å²) >= 11 is 0. The maximum Gasteiger partial charge on any atom is 0.337 e. The van der Waals surface area contributed by atoms with Crippen molar-refractivity contribution in [1.82, 2.24) is 0 Å². The molecule has 0 saturated carbocycles. The molecule has 0 fully saturated rings. The second-order valence-corrected chi connectivity index (χ2v) is 11.2. The number of carbonyl (C=O) groups is 1. The summed E-state index contributed by atoms with van der Waals surface area (Å²) in [6.07, 6.45) is 3.29. The number of rotatable bonds is 10. The molecule has 4 rings (SSSR count). The monoisotopic (exact) mass is 519 g/mol. The molecule has 4 nitrogen and oxygen atoms in total. The summed E-state index contributed by atoms with van der Waals surface area (Å²) < 4.78 is 32.9. The van der Waals surface area contributed by atoms with Gasteiger partial charge in [-0.1, -0.05) is 50.2 Å². The quantitative estimate of drug-likeness (QED) is 0.218. The molecule has 0 unspecified atom stereocenters. The zero-order chi connectivity index (χ0) is 27.3. The summed E-state index contributed by atoms with van der Waals surface area (Å²) in [7, 11) is 0. The molecule has 0 radical (unpaired) electrons. The molecule has 0 saturated heterocycles. The lowest BCUT2D eigenvalue weighted by molar-refractivity contribution is -0.161. The third-order valence-electron chi connectivity index (χ3n) is 7.25. The highest BCUT2D eigenvalue weighted by atomic mass is 19.1. The van der Waals surface area contributed by atoms with E-state index in [0.29, 0.717) is 49.8 Å². The maximum atomic E-state index is 13.4. The number of hydrogen-bond donors (Lipinski definition) is 2. The van der Waals surface area contributed by atoms with Gasteiger partial charge in [0.2, 0.25) is 0 Å². The third-order valence-corrected chi connectivity index (χ3v) is 7.25. The third kappa shape index (κ3) is 7.21. The van der Waals surface area contributed by atoms with Gasteiger partial charge in [-0.2, -0.15) is 0 Å². The van der Waals surface area contributed by atoms with E-state index in [4.69, 9.17) is 10.5 Å². The Morgan fingerprint density at radius 2 is 1.42 bits per heavy atom. The van der Waals surface area contributed by atoms with Crippen LogP contribution in [0.2, 0.25) is 0 Å². The average Bonchev–Trinajstić information content (AvgIpc) is 2.86. The standard InChI is InChI=1S/C32H35F2NO3/c1-31(2,19-24-4-3-5-27(35)18-24)20-28-29(36)21-32(38-30(28)37,16-14-22-6-10-25(33)11-7-22)17-15-23-8-12-26(34)13-9-23/h3-13,18,36H,14-17,19-21,35H2,1-2H3. The van der Waals surface area contributed by atoms with Gasteiger partial charge in [0.05, 0.1) is 5.57 Å². The summed E-state index contributed by atoms with van der Waals surface area (Å²) in [5, 5.41) is 11.2. The normalized spacial score (nSPS) is 15.4. The molecular weight excluding hydrogens is 484 g/mol. The average molecular weight is 520 g/mol. The number of hydrogen-bond acceptors (Lipinski definition) is 4. The predicted molar refractivity (Wildman–Crippen MR) is 145 cm³/mol. The number of nitrogen functional groups attached to an aromatic ring is 1. The minimum absolute atomic E-state index is 0.0557. The van der Waals surface area contributed by atoms with Gasteiger partial charge in [0.25, 0.3) is 0 Å². The molecule has 200 valence electrons. The van der Waals surface area contributed by atoms with Gasteiger partial charge < -0.3 is 15.6 Å². The van der Waals surface area contributed by atoms with Crippen LogP contribution in [-0.4, -0.2) is 16.7 Å². The molecule has 3 aromatic rings. The van der Waals surface area contributed by atoms with Crippen LogP contribution >= 0.6 is 0 Å². The number of carbonyl (C=O) groups excluding carboxylic acids is 1. The van der Waals surface area contributed by atoms with Crippen LogP contribution in [0.5, 0.6) is 0 Å². The molecule has 0 atom stereocenters. The lowest BCUT2D eigenvalue weighted by Crippen LogP contribution is -2.42. The van der Waals surface area contributed by atoms with Crippen molar-refractivity contribution in [2.45, 2.75) is 64.4 Å². The second kappa shape index (κ2) is 11.4. The second-order valence-electron chi connectivity index (χ2n) is 11.2. The summed E-state index contributed by atoms with van der Waals surface area (Å²) in [6.45, 7) is 4.10. The van der Waals surface area contributed by atoms with Crippen molar-refractivity contribution >= 4 is 11.7 Å². The summed E-state index contributed by atoms with van der Waals surface area (Å²) in [4.78, 5) is 13.4.